The molecule has 1 amide bonds. The number of halogens is 1. The summed E-state index contributed by atoms with van der Waals surface area (Å²) < 4.78 is 35.2. The van der Waals surface area contributed by atoms with Crippen molar-refractivity contribution >= 4 is 22.9 Å². The molecule has 4 rings (SSSR count). The van der Waals surface area contributed by atoms with Gasteiger partial charge in [0.15, 0.2) is 11.5 Å². The van der Waals surface area contributed by atoms with E-state index in [2.05, 4.69) is 10.5 Å². The monoisotopic (exact) mass is 488 g/mol. The average Bonchev–Trinajstić information content (AvgIpc) is 2.92. The summed E-state index contributed by atoms with van der Waals surface area (Å²) in [6.07, 6.45) is 1.54. The van der Waals surface area contributed by atoms with Crippen molar-refractivity contribution in [2.24, 2.45) is 5.10 Å². The van der Waals surface area contributed by atoms with Crippen LogP contribution in [0.3, 0.4) is 0 Å². The van der Waals surface area contributed by atoms with Gasteiger partial charge in [-0.3, -0.25) is 4.79 Å². The number of carbonyl (C=O) groups excluding carboxylic acids is 1. The van der Waals surface area contributed by atoms with Crippen LogP contribution in [0.5, 0.6) is 23.0 Å². The highest BCUT2D eigenvalue weighted by atomic mass is 19.1. The van der Waals surface area contributed by atoms with Gasteiger partial charge in [-0.15, -0.1) is 0 Å². The molecule has 0 saturated carbocycles. The van der Waals surface area contributed by atoms with Crippen molar-refractivity contribution in [3.05, 3.63) is 95.3 Å². The summed E-state index contributed by atoms with van der Waals surface area (Å²) in [5.41, 5.74) is 4.34. The number of hydrogen-bond donors (Lipinski definition) is 1. The summed E-state index contributed by atoms with van der Waals surface area (Å²) in [7, 11) is 4.44. The van der Waals surface area contributed by atoms with Gasteiger partial charge in [-0.2, -0.15) is 5.10 Å². The predicted molar refractivity (Wildman–Crippen MR) is 136 cm³/mol. The van der Waals surface area contributed by atoms with Crippen LogP contribution >= 0.6 is 0 Å². The van der Waals surface area contributed by atoms with Crippen molar-refractivity contribution in [2.45, 2.75) is 6.61 Å². The highest BCUT2D eigenvalue weighted by Gasteiger charge is 2.17. The molecule has 0 atom stereocenters. The quantitative estimate of drug-likeness (QED) is 0.254. The number of hydrogen-bond acceptors (Lipinski definition) is 6. The lowest BCUT2D eigenvalue weighted by Gasteiger charge is -2.13. The van der Waals surface area contributed by atoms with Gasteiger partial charge < -0.3 is 18.9 Å². The molecule has 0 aliphatic carbocycles. The number of ether oxygens (including phenoxy) is 4. The van der Waals surface area contributed by atoms with Gasteiger partial charge in [0.25, 0.3) is 5.91 Å². The van der Waals surface area contributed by atoms with Crippen molar-refractivity contribution in [1.82, 2.24) is 5.43 Å². The second-order valence-corrected chi connectivity index (χ2v) is 7.73. The third kappa shape index (κ3) is 5.38. The van der Waals surface area contributed by atoms with Gasteiger partial charge in [-0.25, -0.2) is 9.82 Å². The topological polar surface area (TPSA) is 78.4 Å². The first-order chi connectivity index (χ1) is 17.5. The molecule has 0 heterocycles. The smallest absolute Gasteiger partial charge is 0.271 e. The predicted octanol–water partition coefficient (Wildman–Crippen LogP) is 5.35. The Kier molecular flexibility index (Phi) is 7.65. The summed E-state index contributed by atoms with van der Waals surface area (Å²) in [5.74, 6) is 0.912. The van der Waals surface area contributed by atoms with Crippen molar-refractivity contribution in [2.75, 3.05) is 21.3 Å². The Morgan fingerprint density at radius 1 is 0.889 bits per heavy atom. The van der Waals surface area contributed by atoms with Crippen molar-refractivity contribution in [1.29, 1.82) is 0 Å². The van der Waals surface area contributed by atoms with E-state index < -0.39 is 5.91 Å². The van der Waals surface area contributed by atoms with E-state index in [9.17, 15) is 9.18 Å². The molecule has 4 aromatic carbocycles. The normalized spacial score (nSPS) is 10.9. The number of hydrazone groups is 1. The Bertz CT molecular complexity index is 1380. The highest BCUT2D eigenvalue weighted by Crippen LogP contribution is 2.38. The molecule has 4 aromatic rings. The van der Waals surface area contributed by atoms with Gasteiger partial charge in [-0.1, -0.05) is 42.5 Å². The molecule has 36 heavy (non-hydrogen) atoms. The third-order valence-electron chi connectivity index (χ3n) is 5.52. The number of methoxy groups -OCH3 is 3. The number of amides is 1. The zero-order chi connectivity index (χ0) is 25.5. The summed E-state index contributed by atoms with van der Waals surface area (Å²) >= 11 is 0. The molecule has 0 radical (unpaired) electrons. The van der Waals surface area contributed by atoms with Crippen LogP contribution in [0.4, 0.5) is 4.39 Å². The third-order valence-corrected chi connectivity index (χ3v) is 5.52. The largest absolute Gasteiger partial charge is 0.493 e. The van der Waals surface area contributed by atoms with Gasteiger partial charge >= 0.3 is 0 Å². The van der Waals surface area contributed by atoms with E-state index in [0.29, 0.717) is 28.6 Å². The van der Waals surface area contributed by atoms with Gasteiger partial charge in [0.1, 0.15) is 18.2 Å². The van der Waals surface area contributed by atoms with E-state index in [1.807, 2.05) is 36.4 Å². The fourth-order valence-corrected chi connectivity index (χ4v) is 3.71. The second-order valence-electron chi connectivity index (χ2n) is 7.73. The van der Waals surface area contributed by atoms with Crippen molar-refractivity contribution in [3.8, 4) is 23.0 Å². The molecular formula is C28H25FN2O5. The minimum absolute atomic E-state index is 0.247. The van der Waals surface area contributed by atoms with Gasteiger partial charge in [-0.05, 0) is 46.7 Å². The van der Waals surface area contributed by atoms with Gasteiger partial charge in [0.2, 0.25) is 5.75 Å². The van der Waals surface area contributed by atoms with Crippen molar-refractivity contribution in [3.63, 3.8) is 0 Å². The highest BCUT2D eigenvalue weighted by molar-refractivity contribution is 6.03. The van der Waals surface area contributed by atoms with Crippen LogP contribution in [-0.2, 0) is 6.61 Å². The molecule has 7 nitrogen and oxygen atoms in total. The Morgan fingerprint density at radius 3 is 2.25 bits per heavy atom. The van der Waals surface area contributed by atoms with E-state index in [0.717, 1.165) is 16.3 Å². The van der Waals surface area contributed by atoms with Crippen LogP contribution in [0.1, 0.15) is 21.5 Å². The van der Waals surface area contributed by atoms with Crippen LogP contribution in [0, 0.1) is 5.82 Å². The fourth-order valence-electron chi connectivity index (χ4n) is 3.71. The molecule has 0 bridgehead atoms. The number of nitrogens with zero attached hydrogens (tertiary/aromatic N) is 1. The first-order valence-corrected chi connectivity index (χ1v) is 11.1. The molecule has 0 aliphatic rings. The molecule has 0 fully saturated rings. The van der Waals surface area contributed by atoms with E-state index in [4.69, 9.17) is 18.9 Å². The molecule has 0 spiro atoms. The Morgan fingerprint density at radius 2 is 1.58 bits per heavy atom. The summed E-state index contributed by atoms with van der Waals surface area (Å²) in [4.78, 5) is 12.8. The van der Waals surface area contributed by atoms with E-state index >= 15 is 0 Å². The maximum absolute atomic E-state index is 13.2. The van der Waals surface area contributed by atoms with Crippen molar-refractivity contribution < 1.29 is 28.1 Å². The molecule has 184 valence electrons. The molecule has 0 saturated heterocycles. The minimum atomic E-state index is -0.459. The lowest BCUT2D eigenvalue weighted by atomic mass is 10.0. The van der Waals surface area contributed by atoms with Crippen LogP contribution in [0.2, 0.25) is 0 Å². The van der Waals surface area contributed by atoms with Crippen LogP contribution in [0.25, 0.3) is 10.8 Å². The molecular weight excluding hydrogens is 463 g/mol. The summed E-state index contributed by atoms with van der Waals surface area (Å²) in [6.45, 7) is 0.247. The summed E-state index contributed by atoms with van der Waals surface area (Å²) in [6, 6.07) is 20.8. The molecule has 8 heteroatoms. The Balaban J connectivity index is 1.59. The Labute approximate surface area is 208 Å². The van der Waals surface area contributed by atoms with E-state index in [-0.39, 0.29) is 18.0 Å². The molecule has 0 unspecified atom stereocenters. The first kappa shape index (κ1) is 24.5. The number of fused-ring (bicyclic) bond motifs is 1. The number of carbonyl (C=O) groups is 1. The SMILES string of the molecule is COc1cc(C(=O)N/N=C\c2c(OCc3ccc(F)cc3)ccc3ccccc23)cc(OC)c1OC. The van der Waals surface area contributed by atoms with Gasteiger partial charge in [0.05, 0.1) is 27.5 Å². The zero-order valence-corrected chi connectivity index (χ0v) is 20.1. The lowest BCUT2D eigenvalue weighted by Crippen LogP contribution is -2.18. The maximum atomic E-state index is 13.2. The molecule has 1 N–H and O–H groups in total. The number of benzene rings is 4. The number of rotatable bonds is 9. The molecule has 0 aliphatic heterocycles. The van der Waals surface area contributed by atoms with Crippen LogP contribution < -0.4 is 24.4 Å². The first-order valence-electron chi connectivity index (χ1n) is 11.1. The van der Waals surface area contributed by atoms with Gasteiger partial charge in [0, 0.05) is 11.1 Å². The number of nitrogens with one attached hydrogen (secondary N) is 1. The minimum Gasteiger partial charge on any atom is -0.493 e. The fraction of sp³-hybridized carbons (Fsp3) is 0.143. The maximum Gasteiger partial charge on any atom is 0.271 e. The summed E-state index contributed by atoms with van der Waals surface area (Å²) in [5, 5.41) is 6.07. The zero-order valence-electron chi connectivity index (χ0n) is 20.1. The second kappa shape index (κ2) is 11.2. The van der Waals surface area contributed by atoms with Crippen LogP contribution in [-0.4, -0.2) is 33.5 Å². The van der Waals surface area contributed by atoms with E-state index in [1.54, 1.807) is 24.3 Å². The molecule has 0 aromatic heterocycles. The van der Waals surface area contributed by atoms with Crippen LogP contribution in [0.15, 0.2) is 77.9 Å². The standard InChI is InChI=1S/C28H25FN2O5/c1-33-25-14-20(15-26(34-2)27(25)35-3)28(32)31-30-16-23-22-7-5-4-6-19(22)10-13-24(23)36-17-18-8-11-21(29)12-9-18/h4-16H,17H2,1-3H3,(H,31,32)/b30-16-. The Hall–Kier alpha value is -4.59. The van der Waals surface area contributed by atoms with E-state index in [1.165, 1.54) is 39.7 Å². The average molecular weight is 489 g/mol. The lowest BCUT2D eigenvalue weighted by molar-refractivity contribution is 0.0954.